The molecule has 1 saturated heterocycles. The molecule has 2 amide bonds. The second-order valence-corrected chi connectivity index (χ2v) is 17.3. The number of aliphatic hydroxyl groups excluding tert-OH is 1. The van der Waals surface area contributed by atoms with Crippen molar-refractivity contribution in [1.82, 2.24) is 20.2 Å². The summed E-state index contributed by atoms with van der Waals surface area (Å²) >= 11 is 0. The number of aliphatic hydroxyl groups is 1. The molecule has 9 nitrogen and oxygen atoms in total. The predicted molar refractivity (Wildman–Crippen MR) is 214 cm³/mol. The van der Waals surface area contributed by atoms with Crippen molar-refractivity contribution in [3.05, 3.63) is 89.5 Å². The lowest BCUT2D eigenvalue weighted by Gasteiger charge is -2.62. The number of hydroxylamine groups is 2. The number of ether oxygens (including phenoxy) is 1. The van der Waals surface area contributed by atoms with Gasteiger partial charge in [-0.25, -0.2) is 0 Å². The van der Waals surface area contributed by atoms with E-state index in [1.54, 1.807) is 12.2 Å². The Morgan fingerprint density at radius 3 is 2.30 bits per heavy atom. The highest BCUT2D eigenvalue weighted by molar-refractivity contribution is 5.95. The van der Waals surface area contributed by atoms with Gasteiger partial charge in [-0.15, -0.1) is 0 Å². The second-order valence-electron chi connectivity index (χ2n) is 17.3. The molecule has 292 valence electrons. The van der Waals surface area contributed by atoms with Crippen LogP contribution in [-0.2, 0) is 22.6 Å². The fraction of sp³-hybridized carbons (Fsp3) is 0.556. The fourth-order valence-electron chi connectivity index (χ4n) is 9.84. The van der Waals surface area contributed by atoms with Gasteiger partial charge in [0.1, 0.15) is 17.9 Å². The monoisotopic (exact) mass is 738 g/mol. The molecular weight excluding hydrogens is 677 g/mol. The largest absolute Gasteiger partial charge is 0.496 e. The zero-order chi connectivity index (χ0) is 38.9. The van der Waals surface area contributed by atoms with E-state index in [9.17, 15) is 14.7 Å². The van der Waals surface area contributed by atoms with Crippen LogP contribution in [0, 0.1) is 35.0 Å². The maximum Gasteiger partial charge on any atom is 0.253 e. The number of rotatable bonds is 14. The van der Waals surface area contributed by atoms with E-state index in [1.807, 2.05) is 86.7 Å². The molecule has 0 spiro atoms. The molecule has 3 aliphatic carbocycles. The van der Waals surface area contributed by atoms with Gasteiger partial charge in [-0.1, -0.05) is 95.3 Å². The van der Waals surface area contributed by atoms with E-state index in [4.69, 9.17) is 9.57 Å². The van der Waals surface area contributed by atoms with E-state index < -0.39 is 12.1 Å². The van der Waals surface area contributed by atoms with Crippen LogP contribution in [0.2, 0.25) is 0 Å². The first-order chi connectivity index (χ1) is 25.7. The van der Waals surface area contributed by atoms with Crippen LogP contribution in [-0.4, -0.2) is 97.4 Å². The third-order valence-electron chi connectivity index (χ3n) is 13.1. The number of hydrogen-bond donors (Lipinski definition) is 2. The molecule has 1 heterocycles. The van der Waals surface area contributed by atoms with E-state index in [0.717, 1.165) is 36.1 Å². The molecule has 0 radical (unpaired) electrons. The fourth-order valence-corrected chi connectivity index (χ4v) is 9.84. The van der Waals surface area contributed by atoms with Crippen molar-refractivity contribution in [1.29, 1.82) is 0 Å². The summed E-state index contributed by atoms with van der Waals surface area (Å²) in [6.07, 6.45) is 2.53. The first kappa shape index (κ1) is 39.9. The number of nitrogens with zero attached hydrogens (tertiary/aromatic N) is 3. The molecule has 7 rings (SSSR count). The summed E-state index contributed by atoms with van der Waals surface area (Å²) in [7, 11) is 7.61. The van der Waals surface area contributed by atoms with Crippen LogP contribution in [0.4, 0.5) is 0 Å². The van der Waals surface area contributed by atoms with Crippen molar-refractivity contribution < 1.29 is 24.3 Å². The van der Waals surface area contributed by atoms with Gasteiger partial charge in [-0.2, -0.15) is 5.06 Å². The Morgan fingerprint density at radius 2 is 1.70 bits per heavy atom. The summed E-state index contributed by atoms with van der Waals surface area (Å²) in [5, 5.41) is 15.7. The van der Waals surface area contributed by atoms with E-state index >= 15 is 0 Å². The maximum atomic E-state index is 14.3. The highest BCUT2D eigenvalue weighted by Crippen LogP contribution is 2.61. The normalized spacial score (nSPS) is 26.7. The molecule has 0 aromatic heterocycles. The highest BCUT2D eigenvalue weighted by atomic mass is 16.7. The van der Waals surface area contributed by atoms with Crippen LogP contribution < -0.4 is 10.1 Å². The lowest BCUT2D eigenvalue weighted by Crippen LogP contribution is -2.62. The van der Waals surface area contributed by atoms with Crippen molar-refractivity contribution in [2.24, 2.45) is 35.0 Å². The number of amides is 2. The van der Waals surface area contributed by atoms with Crippen molar-refractivity contribution in [3.8, 4) is 16.9 Å². The summed E-state index contributed by atoms with van der Waals surface area (Å²) < 4.78 is 6.07. The Hall–Kier alpha value is -3.76. The maximum absolute atomic E-state index is 14.3. The van der Waals surface area contributed by atoms with Gasteiger partial charge in [0, 0.05) is 48.3 Å². The quantitative estimate of drug-likeness (QED) is 0.194. The van der Waals surface area contributed by atoms with Crippen molar-refractivity contribution in [3.63, 3.8) is 0 Å². The summed E-state index contributed by atoms with van der Waals surface area (Å²) in [4.78, 5) is 38.5. The van der Waals surface area contributed by atoms with Crippen LogP contribution in [0.5, 0.6) is 5.75 Å². The molecular formula is C45H62N4O5. The van der Waals surface area contributed by atoms with Gasteiger partial charge in [0.25, 0.3) is 5.91 Å². The number of carbonyl (C=O) groups excluding carboxylic acids is 2. The van der Waals surface area contributed by atoms with E-state index in [2.05, 4.69) is 57.0 Å². The molecule has 3 aromatic rings. The van der Waals surface area contributed by atoms with Crippen LogP contribution in [0.25, 0.3) is 11.1 Å². The van der Waals surface area contributed by atoms with Crippen LogP contribution in [0.15, 0.2) is 72.8 Å². The number of para-hydroxylation sites is 1. The number of hydrogen-bond acceptors (Lipinski definition) is 7. The molecule has 54 heavy (non-hydrogen) atoms. The van der Waals surface area contributed by atoms with Gasteiger partial charge in [0.15, 0.2) is 0 Å². The third kappa shape index (κ3) is 7.97. The van der Waals surface area contributed by atoms with Crippen molar-refractivity contribution in [2.75, 3.05) is 41.4 Å². The lowest BCUT2D eigenvalue weighted by molar-refractivity contribution is -0.183. The molecule has 8 atom stereocenters. The van der Waals surface area contributed by atoms with Gasteiger partial charge in [-0.05, 0) is 85.7 Å². The number of methoxy groups -OCH3 is 1. The Bertz CT molecular complexity index is 1740. The van der Waals surface area contributed by atoms with Gasteiger partial charge >= 0.3 is 0 Å². The first-order valence-electron chi connectivity index (χ1n) is 19.8. The molecule has 1 aliphatic heterocycles. The summed E-state index contributed by atoms with van der Waals surface area (Å²) in [6, 6.07) is 23.6. The minimum Gasteiger partial charge on any atom is -0.496 e. The SMILES string of the molecule is COc1c(CN2O[C@@H](CO)[C@@H](C(C)C)[C@H]2C(=O)N[C@H]2C[C@H]3C[C@@H]([C@@H]2C)C3(C)C)cccc1-c1ccc(C(=O)N(C)[C@@H](Cc2ccccc2)CN(C)C)cc1. The van der Waals surface area contributed by atoms with Gasteiger partial charge in [0.2, 0.25) is 5.91 Å². The number of fused-ring (bicyclic) bond motifs is 2. The zero-order valence-electron chi connectivity index (χ0n) is 33.8. The Morgan fingerprint density at radius 1 is 1.00 bits per heavy atom. The van der Waals surface area contributed by atoms with E-state index in [-0.39, 0.29) is 42.3 Å². The van der Waals surface area contributed by atoms with E-state index in [1.165, 1.54) is 12.0 Å². The average Bonchev–Trinajstić information content (AvgIpc) is 3.53. The van der Waals surface area contributed by atoms with Crippen molar-refractivity contribution in [2.45, 2.75) is 84.7 Å². The molecule has 2 N–H and O–H groups in total. The molecule has 4 fully saturated rings. The van der Waals surface area contributed by atoms with Crippen molar-refractivity contribution >= 4 is 11.8 Å². The summed E-state index contributed by atoms with van der Waals surface area (Å²) in [6.45, 7) is 12.1. The zero-order valence-corrected chi connectivity index (χ0v) is 33.8. The molecule has 3 aromatic carbocycles. The average molecular weight is 739 g/mol. The van der Waals surface area contributed by atoms with Crippen LogP contribution in [0.1, 0.15) is 68.9 Å². The number of likely N-dealkylation sites (N-methyl/N-ethyl adjacent to an activating group) is 2. The molecule has 3 saturated carbocycles. The number of nitrogens with one attached hydrogen (secondary N) is 1. The molecule has 2 bridgehead atoms. The summed E-state index contributed by atoms with van der Waals surface area (Å²) in [5.41, 5.74) is 4.82. The topological polar surface area (TPSA) is 94.6 Å². The molecule has 0 unspecified atom stereocenters. The number of carbonyl (C=O) groups is 2. The molecule has 4 aliphatic rings. The van der Waals surface area contributed by atoms with Crippen LogP contribution in [0.3, 0.4) is 0 Å². The Balaban J connectivity index is 1.21. The predicted octanol–water partition coefficient (Wildman–Crippen LogP) is 6.54. The molecule has 9 heteroatoms. The minimum absolute atomic E-state index is 0.00890. The first-order valence-corrected chi connectivity index (χ1v) is 19.8. The Kier molecular flexibility index (Phi) is 12.2. The summed E-state index contributed by atoms with van der Waals surface area (Å²) in [5.74, 6) is 2.21. The third-order valence-corrected chi connectivity index (χ3v) is 13.1. The minimum atomic E-state index is -0.561. The van der Waals surface area contributed by atoms with Gasteiger partial charge in [0.05, 0.1) is 20.3 Å². The Labute approximate surface area is 323 Å². The smallest absolute Gasteiger partial charge is 0.253 e. The lowest BCUT2D eigenvalue weighted by atomic mass is 9.45. The standard InChI is InChI=1S/C45H62N4O5/c1-28(2)40-39(27-50)54-49(41(40)43(51)46-38-24-34-23-37(29(38)3)45(34,4)5)25-33-16-13-17-36(42(33)53-9)31-18-20-32(21-19-31)44(52)48(8)35(26-47(6)7)22-30-14-11-10-12-15-30/h10-21,28-29,34-35,37-41,50H,22-27H2,1-9H3,(H,46,51)/t29-,34+,35-,37-,38-,39-,40+,41-/m0/s1. The van der Waals surface area contributed by atoms with Gasteiger partial charge < -0.3 is 25.0 Å². The second kappa shape index (κ2) is 16.5. The number of benzene rings is 3. The highest BCUT2D eigenvalue weighted by Gasteiger charge is 2.57. The van der Waals surface area contributed by atoms with Gasteiger partial charge in [-0.3, -0.25) is 14.4 Å². The van der Waals surface area contributed by atoms with E-state index in [0.29, 0.717) is 41.0 Å². The van der Waals surface area contributed by atoms with Crippen LogP contribution >= 0.6 is 0 Å².